The molecule has 2 bridgehead atoms. The average Bonchev–Trinajstić information content (AvgIpc) is 1.60. The molecule has 8 atom stereocenters. The highest BCUT2D eigenvalue weighted by Gasteiger charge is 2.49. The molecule has 6 heterocycles. The van der Waals surface area contributed by atoms with E-state index >= 15 is 14.4 Å². The summed E-state index contributed by atoms with van der Waals surface area (Å²) in [6.07, 6.45) is 3.95. The number of H-pyrrole nitrogens is 3. The van der Waals surface area contributed by atoms with Gasteiger partial charge >= 0.3 is 5.97 Å². The molecule has 1 fully saturated rings. The van der Waals surface area contributed by atoms with Crippen molar-refractivity contribution in [1.29, 1.82) is 0 Å². The van der Waals surface area contributed by atoms with Gasteiger partial charge in [0.1, 0.15) is 77.6 Å². The summed E-state index contributed by atoms with van der Waals surface area (Å²) in [5.41, 5.74) is 7.10. The molecule has 10 rings (SSSR count). The first-order valence-electron chi connectivity index (χ1n) is 32.0. The maximum atomic E-state index is 15.3. The van der Waals surface area contributed by atoms with Crippen molar-refractivity contribution in [2.24, 2.45) is 5.73 Å². The summed E-state index contributed by atoms with van der Waals surface area (Å²) in [5.74, 6) is -10.5. The van der Waals surface area contributed by atoms with Crippen molar-refractivity contribution in [3.05, 3.63) is 149 Å². The van der Waals surface area contributed by atoms with Gasteiger partial charge in [0.15, 0.2) is 0 Å². The first-order valence-corrected chi connectivity index (χ1v) is 32.0. The van der Waals surface area contributed by atoms with Gasteiger partial charge in [0.2, 0.25) is 59.1 Å². The van der Waals surface area contributed by atoms with Gasteiger partial charge in [-0.1, -0.05) is 24.3 Å². The Kier molecular flexibility index (Phi) is 23.6. The second-order valence-corrected chi connectivity index (χ2v) is 24.5. The molecule has 0 aliphatic carbocycles. The van der Waals surface area contributed by atoms with Crippen molar-refractivity contribution < 1.29 is 76.1 Å². The molecule has 518 valence electrons. The van der Waals surface area contributed by atoms with Crippen LogP contribution in [-0.4, -0.2) is 170 Å². The number of carbonyl (C=O) groups is 11. The maximum Gasteiger partial charge on any atom is 0.305 e. The number of aromatic nitrogens is 4. The third-order valence-electron chi connectivity index (χ3n) is 17.3. The van der Waals surface area contributed by atoms with E-state index in [1.165, 1.54) is 87.2 Å². The highest BCUT2D eigenvalue weighted by atomic mass is 19.1. The van der Waals surface area contributed by atoms with E-state index in [9.17, 15) is 52.2 Å². The van der Waals surface area contributed by atoms with Crippen molar-refractivity contribution in [2.45, 2.75) is 139 Å². The number of benzene rings is 4. The molecular weight excluding hydrogens is 1270 g/mol. The fourth-order valence-corrected chi connectivity index (χ4v) is 11.9. The lowest BCUT2D eigenvalue weighted by Gasteiger charge is -2.37. The van der Waals surface area contributed by atoms with Gasteiger partial charge in [0.05, 0.1) is 26.4 Å². The number of hydrogen-bond acceptors (Lipinski definition) is 14. The van der Waals surface area contributed by atoms with Gasteiger partial charge < -0.3 is 82.7 Å². The Morgan fingerprint density at radius 2 is 1.22 bits per heavy atom. The quantitative estimate of drug-likeness (QED) is 0.0778. The molecule has 3 aliphatic heterocycles. The molecule has 0 saturated carbocycles. The minimum atomic E-state index is -2.03. The number of carboxylic acid groups (broad SMARTS) is 1. The molecule has 0 unspecified atom stereocenters. The van der Waals surface area contributed by atoms with Crippen LogP contribution in [0.3, 0.4) is 0 Å². The van der Waals surface area contributed by atoms with Crippen LogP contribution in [0.5, 0.6) is 11.5 Å². The molecular formula is C68H78F2N14O14. The van der Waals surface area contributed by atoms with E-state index in [1.54, 1.807) is 48.5 Å². The van der Waals surface area contributed by atoms with Gasteiger partial charge in [0, 0.05) is 97.6 Å². The summed E-state index contributed by atoms with van der Waals surface area (Å²) in [6.45, 7) is 3.11. The van der Waals surface area contributed by atoms with Gasteiger partial charge in [-0.05, 0) is 122 Å². The number of amides is 10. The van der Waals surface area contributed by atoms with Gasteiger partial charge in [0.25, 0.3) is 0 Å². The van der Waals surface area contributed by atoms with Crippen LogP contribution >= 0.6 is 0 Å². The van der Waals surface area contributed by atoms with Gasteiger partial charge in [-0.3, -0.25) is 52.7 Å². The van der Waals surface area contributed by atoms with Crippen LogP contribution in [0.25, 0.3) is 21.8 Å². The molecule has 28 nitrogen and oxygen atoms in total. The zero-order valence-electron chi connectivity index (χ0n) is 54.0. The van der Waals surface area contributed by atoms with E-state index in [1.807, 2.05) is 0 Å². The number of carboxylic acids is 1. The second kappa shape index (κ2) is 32.5. The van der Waals surface area contributed by atoms with E-state index in [0.29, 0.717) is 51.0 Å². The molecule has 7 aromatic rings. The summed E-state index contributed by atoms with van der Waals surface area (Å²) in [4.78, 5) is 170. The van der Waals surface area contributed by atoms with Crippen molar-refractivity contribution in [2.75, 3.05) is 26.8 Å². The van der Waals surface area contributed by atoms with Crippen LogP contribution in [0.2, 0.25) is 0 Å². The van der Waals surface area contributed by atoms with E-state index in [-0.39, 0.29) is 100 Å². The number of ether oxygens (including phenoxy) is 2. The van der Waals surface area contributed by atoms with Crippen LogP contribution in [-0.2, 0) is 84.8 Å². The van der Waals surface area contributed by atoms with Crippen LogP contribution in [0.4, 0.5) is 8.78 Å². The molecule has 98 heavy (non-hydrogen) atoms. The third-order valence-corrected chi connectivity index (χ3v) is 17.3. The number of hydrogen-bond donors (Lipinski definition) is 13. The zero-order chi connectivity index (χ0) is 70.2. The first-order chi connectivity index (χ1) is 46.9. The summed E-state index contributed by atoms with van der Waals surface area (Å²) in [6, 6.07) is 9.71. The number of aliphatic carboxylic acids is 1. The van der Waals surface area contributed by atoms with Crippen molar-refractivity contribution >= 4 is 86.8 Å². The highest BCUT2D eigenvalue weighted by Crippen LogP contribution is 2.32. The number of rotatable bonds is 12. The van der Waals surface area contributed by atoms with Crippen LogP contribution in [0.1, 0.15) is 86.7 Å². The summed E-state index contributed by atoms with van der Waals surface area (Å²) >= 11 is 0. The van der Waals surface area contributed by atoms with Crippen LogP contribution < -0.4 is 57.7 Å². The summed E-state index contributed by atoms with van der Waals surface area (Å²) < 4.78 is 40.9. The molecule has 1 saturated heterocycles. The highest BCUT2D eigenvalue weighted by molar-refractivity contribution is 6.00. The molecule has 3 aliphatic rings. The van der Waals surface area contributed by atoms with Gasteiger partial charge in [-0.15, -0.1) is 0 Å². The molecule has 30 heteroatoms. The number of carbonyl (C=O) groups excluding carboxylic acids is 10. The molecule has 4 aromatic carbocycles. The zero-order valence-corrected chi connectivity index (χ0v) is 54.0. The number of imidazole rings is 1. The molecule has 3 aromatic heterocycles. The summed E-state index contributed by atoms with van der Waals surface area (Å²) in [5, 5.41) is 32.0. The van der Waals surface area contributed by atoms with E-state index in [2.05, 4.69) is 62.5 Å². The number of halogens is 2. The number of primary amides is 1. The lowest BCUT2D eigenvalue weighted by atomic mass is 9.94. The topological polar surface area (TPSA) is 412 Å². The fraction of sp³-hybridized carbons (Fsp3) is 0.382. The van der Waals surface area contributed by atoms with Crippen molar-refractivity contribution in [1.82, 2.24) is 67.4 Å². The Labute approximate surface area is 560 Å². The standard InChI is InChI=1S/C68H78F2N14O14/c1-37-61(90)78-52(27-40-33-74-49-19-13-42(69)29-47(40)49)62(91)79-53(28-41-34-75-50-20-14-43(70)30-48(41)50)63(92)81-55(32-59(87)88)65(94)80-54(31-44-35-72-36-76-44)64(93)82-56(26-39-9-15-45(97-3)16-10-39)66(95)84-23-6-21-68(84,2)67(96)83-51(60(71)89)25-38-11-17-46(18-12-38)98-24-22-73-57(85)7-4-5-8-58(86)77-37/h9-20,29-30,33-37,51-56,74-75H,4-8,21-28,31-32H2,1-3H3,(H2,71,89)(H,72,76)(H,73,85)(H,77,86)(H,78,90)(H,79,91)(H,80,94)(H,81,92)(H,82,93)(H,83,96)(H,87,88)/t37-,51+,52+,53+,54+,55+,56+,68+/m1/s1. The smallest absolute Gasteiger partial charge is 0.305 e. The monoisotopic (exact) mass is 1350 g/mol. The second-order valence-electron chi connectivity index (χ2n) is 24.5. The Bertz CT molecular complexity index is 4070. The molecule has 10 amide bonds. The van der Waals surface area contributed by atoms with Crippen LogP contribution in [0, 0.1) is 11.6 Å². The largest absolute Gasteiger partial charge is 0.497 e. The average molecular weight is 1350 g/mol. The SMILES string of the molecule is COc1ccc(C[C@@H]2NC(=O)[C@H](Cc3cnc[nH]3)NC(=O)[C@H](CC(=O)O)NC(=O)[C@H](Cc3c[nH]c4ccc(F)cc34)NC(=O)[C@H](Cc3c[nH]c4ccc(F)cc34)NC(=O)[C@@H](C)NC(=O)CCCCC(=O)NCCOc3ccc(cc3)C[C@@H](C(N)=O)NC(=O)[C@]3(C)CCCN3C2=O)cc1. The van der Waals surface area contributed by atoms with Gasteiger partial charge in [-0.2, -0.15) is 0 Å². The Morgan fingerprint density at radius 1 is 0.663 bits per heavy atom. The lowest BCUT2D eigenvalue weighted by molar-refractivity contribution is -0.147. The van der Waals surface area contributed by atoms with Crippen molar-refractivity contribution in [3.63, 3.8) is 0 Å². The minimum absolute atomic E-state index is 0.0209. The number of nitrogens with one attached hydrogen (secondary N) is 11. The number of nitrogens with zero attached hydrogens (tertiary/aromatic N) is 2. The Hall–Kier alpha value is -11.2. The Balaban J connectivity index is 1.05. The third kappa shape index (κ3) is 18.6. The maximum absolute atomic E-state index is 15.3. The predicted octanol–water partition coefficient (Wildman–Crippen LogP) is 2.00. The lowest BCUT2D eigenvalue weighted by Crippen LogP contribution is -2.63. The van der Waals surface area contributed by atoms with Gasteiger partial charge in [-0.25, -0.2) is 13.8 Å². The summed E-state index contributed by atoms with van der Waals surface area (Å²) in [7, 11) is 1.46. The van der Waals surface area contributed by atoms with E-state index in [0.717, 1.165) is 0 Å². The molecule has 14 N–H and O–H groups in total. The predicted molar refractivity (Wildman–Crippen MR) is 350 cm³/mol. The number of fused-ring (bicyclic) bond motifs is 34. The fourth-order valence-electron chi connectivity index (χ4n) is 11.9. The minimum Gasteiger partial charge on any atom is -0.497 e. The number of nitrogens with two attached hydrogens (primary N) is 1. The van der Waals surface area contributed by atoms with E-state index < -0.39 is 131 Å². The first kappa shape index (κ1) is 71.1. The number of methoxy groups -OCH3 is 1. The Morgan fingerprint density at radius 3 is 1.80 bits per heavy atom. The normalized spacial score (nSPS) is 22.9. The van der Waals surface area contributed by atoms with Crippen molar-refractivity contribution in [3.8, 4) is 11.5 Å². The van der Waals surface area contributed by atoms with Crippen LogP contribution in [0.15, 0.2) is 110 Å². The van der Waals surface area contributed by atoms with E-state index in [4.69, 9.17) is 15.2 Å². The molecule has 0 radical (unpaired) electrons. The molecule has 0 spiro atoms. The number of aromatic amines is 3.